The highest BCUT2D eigenvalue weighted by Crippen LogP contribution is 2.20. The highest BCUT2D eigenvalue weighted by Gasteiger charge is 1.97. The Labute approximate surface area is 151 Å². The summed E-state index contributed by atoms with van der Waals surface area (Å²) in [5.41, 5.74) is 0. The van der Waals surface area contributed by atoms with Crippen molar-refractivity contribution in [3.05, 3.63) is 48.5 Å². The van der Waals surface area contributed by atoms with Crippen LogP contribution in [-0.2, 0) is 0 Å². The van der Waals surface area contributed by atoms with E-state index in [0.717, 1.165) is 36.2 Å². The van der Waals surface area contributed by atoms with Crippen LogP contribution in [0.15, 0.2) is 58.3 Å². The molecule has 2 rings (SSSR count). The smallest absolute Gasteiger partial charge is 0.119 e. The first-order valence-corrected chi connectivity index (χ1v) is 11.0. The fraction of sp³-hybridized carbons (Fsp3) is 0.333. The van der Waals surface area contributed by atoms with Crippen LogP contribution in [0.3, 0.4) is 0 Å². The molecule has 0 aliphatic carbocycles. The second kappa shape index (κ2) is 10.8. The van der Waals surface area contributed by atoms with E-state index in [1.807, 2.05) is 36.0 Å². The molecule has 2 aromatic carbocycles. The zero-order valence-electron chi connectivity index (χ0n) is 13.5. The van der Waals surface area contributed by atoms with E-state index < -0.39 is 0 Å². The molecule has 0 saturated heterocycles. The lowest BCUT2D eigenvalue weighted by Crippen LogP contribution is -2.04. The van der Waals surface area contributed by atoms with Crippen LogP contribution >= 0.6 is 35.3 Å². The lowest BCUT2D eigenvalue weighted by atomic mass is 10.3. The van der Waals surface area contributed by atoms with Crippen molar-refractivity contribution in [2.24, 2.45) is 0 Å². The van der Waals surface area contributed by atoms with Gasteiger partial charge in [-0.15, -0.1) is 23.5 Å². The van der Waals surface area contributed by atoms with E-state index in [-0.39, 0.29) is 0 Å². The van der Waals surface area contributed by atoms with Crippen LogP contribution in [-0.4, -0.2) is 37.2 Å². The monoisotopic (exact) mass is 366 g/mol. The first-order valence-electron chi connectivity index (χ1n) is 7.43. The topological polar surface area (TPSA) is 18.5 Å². The molecule has 0 aromatic heterocycles. The number of hydrogen-bond acceptors (Lipinski definition) is 5. The van der Waals surface area contributed by atoms with Crippen molar-refractivity contribution in [1.82, 2.24) is 0 Å². The number of benzene rings is 2. The van der Waals surface area contributed by atoms with E-state index in [9.17, 15) is 0 Å². The van der Waals surface area contributed by atoms with Crippen LogP contribution in [0, 0.1) is 0 Å². The molecule has 0 unspecified atom stereocenters. The van der Waals surface area contributed by atoms with Crippen molar-refractivity contribution in [3.63, 3.8) is 0 Å². The van der Waals surface area contributed by atoms with Crippen molar-refractivity contribution in [2.45, 2.75) is 9.79 Å². The lowest BCUT2D eigenvalue weighted by Gasteiger charge is -2.08. The minimum Gasteiger partial charge on any atom is -0.493 e. The zero-order valence-corrected chi connectivity index (χ0v) is 15.9. The zero-order chi connectivity index (χ0) is 16.3. The molecule has 2 nitrogen and oxygen atoms in total. The number of ether oxygens (including phenoxy) is 2. The maximum Gasteiger partial charge on any atom is 0.119 e. The van der Waals surface area contributed by atoms with Crippen LogP contribution < -0.4 is 9.47 Å². The predicted octanol–water partition coefficient (Wildman–Crippen LogP) is 5.32. The van der Waals surface area contributed by atoms with Gasteiger partial charge in [-0.2, -0.15) is 11.8 Å². The predicted molar refractivity (Wildman–Crippen MR) is 105 cm³/mol. The van der Waals surface area contributed by atoms with Gasteiger partial charge in [0.1, 0.15) is 11.5 Å². The van der Waals surface area contributed by atoms with Crippen LogP contribution in [0.2, 0.25) is 0 Å². The Kier molecular flexibility index (Phi) is 8.64. The Bertz CT molecular complexity index is 504. The summed E-state index contributed by atoms with van der Waals surface area (Å²) in [4.78, 5) is 2.52. The molecule has 0 saturated carbocycles. The molecule has 124 valence electrons. The third-order valence-corrected chi connectivity index (χ3v) is 5.51. The van der Waals surface area contributed by atoms with Crippen molar-refractivity contribution in [3.8, 4) is 11.5 Å². The third kappa shape index (κ3) is 7.02. The maximum absolute atomic E-state index is 5.72. The first kappa shape index (κ1) is 18.4. The van der Waals surface area contributed by atoms with Gasteiger partial charge in [-0.3, -0.25) is 0 Å². The highest BCUT2D eigenvalue weighted by atomic mass is 32.2. The normalized spacial score (nSPS) is 10.5. The van der Waals surface area contributed by atoms with Gasteiger partial charge in [0.25, 0.3) is 0 Å². The summed E-state index contributed by atoms with van der Waals surface area (Å²) in [5.74, 6) is 3.82. The van der Waals surface area contributed by atoms with Crippen molar-refractivity contribution in [1.29, 1.82) is 0 Å². The Morgan fingerprint density at radius 2 is 1.04 bits per heavy atom. The minimum absolute atomic E-state index is 0.728. The molecular formula is C18H22O2S3. The Hall–Kier alpha value is -0.910. The Morgan fingerprint density at radius 3 is 1.39 bits per heavy atom. The van der Waals surface area contributed by atoms with Gasteiger partial charge < -0.3 is 9.47 Å². The van der Waals surface area contributed by atoms with E-state index in [1.54, 1.807) is 23.5 Å². The molecule has 0 atom stereocenters. The van der Waals surface area contributed by atoms with Gasteiger partial charge in [0.2, 0.25) is 0 Å². The molecule has 0 spiro atoms. The standard InChI is InChI=1S/C18H22O2S3/c1-21-17-7-3-15(4-8-17)19-11-13-23-14-12-20-16-5-9-18(22-2)10-6-16/h3-10H,11-14H2,1-2H3. The van der Waals surface area contributed by atoms with Gasteiger partial charge >= 0.3 is 0 Å². The Balaban J connectivity index is 1.53. The molecule has 0 bridgehead atoms. The molecule has 0 aliphatic heterocycles. The molecule has 0 N–H and O–H groups in total. The van der Waals surface area contributed by atoms with E-state index in [0.29, 0.717) is 0 Å². The maximum atomic E-state index is 5.72. The van der Waals surface area contributed by atoms with Gasteiger partial charge in [-0.05, 0) is 61.0 Å². The first-order chi connectivity index (χ1) is 11.3. The van der Waals surface area contributed by atoms with E-state index in [1.165, 1.54) is 9.79 Å². The summed E-state index contributed by atoms with van der Waals surface area (Å²) in [5, 5.41) is 0. The average molecular weight is 367 g/mol. The summed E-state index contributed by atoms with van der Waals surface area (Å²) in [6, 6.07) is 16.4. The van der Waals surface area contributed by atoms with Crippen molar-refractivity contribution in [2.75, 3.05) is 37.2 Å². The fourth-order valence-electron chi connectivity index (χ4n) is 1.88. The molecular weight excluding hydrogens is 344 g/mol. The molecule has 0 aliphatic rings. The number of thioether (sulfide) groups is 3. The van der Waals surface area contributed by atoms with Gasteiger partial charge in [-0.25, -0.2) is 0 Å². The molecule has 0 fully saturated rings. The van der Waals surface area contributed by atoms with E-state index >= 15 is 0 Å². The van der Waals surface area contributed by atoms with Gasteiger partial charge in [-0.1, -0.05) is 0 Å². The van der Waals surface area contributed by atoms with Gasteiger partial charge in [0, 0.05) is 21.3 Å². The van der Waals surface area contributed by atoms with Crippen LogP contribution in [0.25, 0.3) is 0 Å². The summed E-state index contributed by atoms with van der Waals surface area (Å²) >= 11 is 5.33. The molecule has 23 heavy (non-hydrogen) atoms. The van der Waals surface area contributed by atoms with E-state index in [4.69, 9.17) is 9.47 Å². The number of rotatable bonds is 10. The second-order valence-electron chi connectivity index (χ2n) is 4.66. The molecule has 0 radical (unpaired) electrons. The summed E-state index contributed by atoms with van der Waals surface area (Å²) in [6.07, 6.45) is 4.15. The summed E-state index contributed by atoms with van der Waals surface area (Å²) in [7, 11) is 0. The second-order valence-corrected chi connectivity index (χ2v) is 7.64. The quantitative estimate of drug-likeness (QED) is 0.417. The minimum atomic E-state index is 0.728. The van der Waals surface area contributed by atoms with Gasteiger partial charge in [0.05, 0.1) is 13.2 Å². The SMILES string of the molecule is CSc1ccc(OCCSCCOc2ccc(SC)cc2)cc1. The van der Waals surface area contributed by atoms with Crippen molar-refractivity contribution >= 4 is 35.3 Å². The number of hydrogen-bond donors (Lipinski definition) is 0. The molecule has 5 heteroatoms. The fourth-order valence-corrected chi connectivity index (χ4v) is 3.31. The van der Waals surface area contributed by atoms with E-state index in [2.05, 4.69) is 36.8 Å². The average Bonchev–Trinajstić information content (AvgIpc) is 2.62. The molecule has 0 heterocycles. The van der Waals surface area contributed by atoms with Crippen molar-refractivity contribution < 1.29 is 9.47 Å². The molecule has 0 amide bonds. The van der Waals surface area contributed by atoms with Crippen LogP contribution in [0.4, 0.5) is 0 Å². The lowest BCUT2D eigenvalue weighted by molar-refractivity contribution is 0.339. The largest absolute Gasteiger partial charge is 0.493 e. The summed E-state index contributed by atoms with van der Waals surface area (Å²) < 4.78 is 11.4. The summed E-state index contributed by atoms with van der Waals surface area (Å²) in [6.45, 7) is 1.46. The Morgan fingerprint density at radius 1 is 0.652 bits per heavy atom. The highest BCUT2D eigenvalue weighted by molar-refractivity contribution is 7.99. The van der Waals surface area contributed by atoms with Crippen LogP contribution in [0.1, 0.15) is 0 Å². The van der Waals surface area contributed by atoms with Crippen LogP contribution in [0.5, 0.6) is 11.5 Å². The van der Waals surface area contributed by atoms with Gasteiger partial charge in [0.15, 0.2) is 0 Å². The molecule has 2 aromatic rings. The third-order valence-electron chi connectivity index (χ3n) is 3.11.